The Bertz CT molecular complexity index is 732. The van der Waals surface area contributed by atoms with Gasteiger partial charge in [0.1, 0.15) is 0 Å². The molecule has 2 heterocycles. The first-order chi connectivity index (χ1) is 14.3. The lowest BCUT2D eigenvalue weighted by molar-refractivity contribution is -0.140. The van der Waals surface area contributed by atoms with Crippen LogP contribution in [0.4, 0.5) is 0 Å². The van der Waals surface area contributed by atoms with Crippen LogP contribution in [-0.2, 0) is 4.79 Å². The number of nitrogens with zero attached hydrogens (tertiary/aromatic N) is 3. The summed E-state index contributed by atoms with van der Waals surface area (Å²) in [7, 11) is 0. The van der Waals surface area contributed by atoms with Gasteiger partial charge in [-0.3, -0.25) is 14.6 Å². The van der Waals surface area contributed by atoms with Gasteiger partial charge in [-0.05, 0) is 37.1 Å². The summed E-state index contributed by atoms with van der Waals surface area (Å²) in [4.78, 5) is 20.2. The van der Waals surface area contributed by atoms with Gasteiger partial charge >= 0.3 is 0 Å². The van der Waals surface area contributed by atoms with Crippen molar-refractivity contribution in [3.8, 4) is 0 Å². The molecule has 1 amide bonds. The van der Waals surface area contributed by atoms with Crippen molar-refractivity contribution in [3.05, 3.63) is 71.8 Å². The topological polar surface area (TPSA) is 26.8 Å². The van der Waals surface area contributed by atoms with Crippen LogP contribution in [0.15, 0.2) is 60.7 Å². The monoisotopic (exact) mass is 391 g/mol. The van der Waals surface area contributed by atoms with Crippen molar-refractivity contribution in [2.45, 2.75) is 38.3 Å². The van der Waals surface area contributed by atoms with E-state index >= 15 is 0 Å². The highest BCUT2D eigenvalue weighted by Gasteiger charge is 2.34. The van der Waals surface area contributed by atoms with E-state index in [0.717, 1.165) is 45.7 Å². The Hall–Kier alpha value is -2.17. The molecule has 4 rings (SSSR count). The summed E-state index contributed by atoms with van der Waals surface area (Å²) in [6, 6.07) is 21.8. The maximum absolute atomic E-state index is 13.2. The summed E-state index contributed by atoms with van der Waals surface area (Å²) in [5, 5.41) is 0. The molecule has 0 spiro atoms. The normalized spacial score (nSPS) is 21.4. The molecule has 0 aliphatic carbocycles. The Morgan fingerprint density at radius 3 is 2.00 bits per heavy atom. The maximum atomic E-state index is 13.2. The van der Waals surface area contributed by atoms with E-state index in [1.807, 2.05) is 0 Å². The van der Waals surface area contributed by atoms with Crippen molar-refractivity contribution in [1.29, 1.82) is 0 Å². The van der Waals surface area contributed by atoms with E-state index in [4.69, 9.17) is 0 Å². The van der Waals surface area contributed by atoms with Gasteiger partial charge in [0.25, 0.3) is 0 Å². The molecule has 2 fully saturated rings. The van der Waals surface area contributed by atoms with Gasteiger partial charge in [0, 0.05) is 26.2 Å². The largest absolute Gasteiger partial charge is 0.339 e. The summed E-state index contributed by atoms with van der Waals surface area (Å²) in [5.41, 5.74) is 2.64. The molecule has 2 aromatic rings. The number of hydrogen-bond donors (Lipinski definition) is 0. The average molecular weight is 392 g/mol. The number of carbonyl (C=O) groups is 1. The van der Waals surface area contributed by atoms with Gasteiger partial charge in [-0.15, -0.1) is 0 Å². The second kappa shape index (κ2) is 9.55. The van der Waals surface area contributed by atoms with Crippen molar-refractivity contribution < 1.29 is 4.79 Å². The van der Waals surface area contributed by atoms with E-state index in [9.17, 15) is 4.79 Å². The summed E-state index contributed by atoms with van der Waals surface area (Å²) in [5.74, 6) is 0.349. The molecule has 1 unspecified atom stereocenters. The van der Waals surface area contributed by atoms with Crippen molar-refractivity contribution in [2.24, 2.45) is 0 Å². The number of amides is 1. The molecule has 154 valence electrons. The van der Waals surface area contributed by atoms with Gasteiger partial charge in [0.2, 0.25) is 5.91 Å². The van der Waals surface area contributed by atoms with Crippen LogP contribution in [-0.4, -0.2) is 65.9 Å². The van der Waals surface area contributed by atoms with Crippen molar-refractivity contribution in [3.63, 3.8) is 0 Å². The van der Waals surface area contributed by atoms with Crippen LogP contribution in [0.1, 0.15) is 43.4 Å². The SMILES string of the molecule is CCN1CCCCC1C(=O)N1CCN(C(c2ccccc2)c2ccccc2)CC1. The molecule has 4 nitrogen and oxygen atoms in total. The molecule has 2 aromatic carbocycles. The van der Waals surface area contributed by atoms with Gasteiger partial charge < -0.3 is 4.90 Å². The Morgan fingerprint density at radius 2 is 1.45 bits per heavy atom. The van der Waals surface area contributed by atoms with Crippen molar-refractivity contribution in [1.82, 2.24) is 14.7 Å². The Labute approximate surface area is 175 Å². The lowest BCUT2D eigenvalue weighted by Crippen LogP contribution is -2.56. The van der Waals surface area contributed by atoms with Gasteiger partial charge in [0.05, 0.1) is 12.1 Å². The highest BCUT2D eigenvalue weighted by Crippen LogP contribution is 2.30. The number of hydrogen-bond acceptors (Lipinski definition) is 3. The Balaban J connectivity index is 1.46. The lowest BCUT2D eigenvalue weighted by atomic mass is 9.96. The molecule has 0 saturated carbocycles. The summed E-state index contributed by atoms with van der Waals surface area (Å²) in [6.07, 6.45) is 3.42. The van der Waals surface area contributed by atoms with E-state index in [1.165, 1.54) is 24.0 Å². The lowest BCUT2D eigenvalue weighted by Gasteiger charge is -2.42. The third-order valence-corrected chi connectivity index (χ3v) is 6.53. The third-order valence-electron chi connectivity index (χ3n) is 6.53. The zero-order chi connectivity index (χ0) is 20.1. The number of piperazine rings is 1. The molecular weight excluding hydrogens is 358 g/mol. The van der Waals surface area contributed by atoms with Gasteiger partial charge in [-0.25, -0.2) is 0 Å². The predicted octanol–water partition coefficient (Wildman–Crippen LogP) is 3.79. The van der Waals surface area contributed by atoms with Crippen LogP contribution in [0.5, 0.6) is 0 Å². The smallest absolute Gasteiger partial charge is 0.240 e. The molecule has 29 heavy (non-hydrogen) atoms. The van der Waals surface area contributed by atoms with Gasteiger partial charge in [-0.2, -0.15) is 0 Å². The number of rotatable bonds is 5. The first-order valence-corrected chi connectivity index (χ1v) is 11.1. The van der Waals surface area contributed by atoms with E-state index in [-0.39, 0.29) is 12.1 Å². The Kier molecular flexibility index (Phi) is 6.63. The van der Waals surface area contributed by atoms with Crippen LogP contribution in [0.3, 0.4) is 0 Å². The fourth-order valence-electron chi connectivity index (χ4n) is 4.95. The minimum absolute atomic E-state index is 0.0966. The number of likely N-dealkylation sites (tertiary alicyclic amines) is 1. The average Bonchev–Trinajstić information content (AvgIpc) is 2.81. The second-order valence-corrected chi connectivity index (χ2v) is 8.23. The fraction of sp³-hybridized carbons (Fsp3) is 0.480. The van der Waals surface area contributed by atoms with Crippen LogP contribution >= 0.6 is 0 Å². The van der Waals surface area contributed by atoms with Crippen LogP contribution in [0.25, 0.3) is 0 Å². The van der Waals surface area contributed by atoms with E-state index in [2.05, 4.69) is 82.3 Å². The quantitative estimate of drug-likeness (QED) is 0.776. The molecule has 1 atom stereocenters. The maximum Gasteiger partial charge on any atom is 0.240 e. The zero-order valence-corrected chi connectivity index (χ0v) is 17.5. The summed E-state index contributed by atoms with van der Waals surface area (Å²) < 4.78 is 0. The molecule has 0 N–H and O–H groups in total. The van der Waals surface area contributed by atoms with Gasteiger partial charge in [0.15, 0.2) is 0 Å². The number of benzene rings is 2. The minimum Gasteiger partial charge on any atom is -0.339 e. The number of carbonyl (C=O) groups excluding carboxylic acids is 1. The van der Waals surface area contributed by atoms with Crippen molar-refractivity contribution >= 4 is 5.91 Å². The van der Waals surface area contributed by atoms with Crippen LogP contribution < -0.4 is 0 Å². The molecule has 4 heteroatoms. The number of piperidine rings is 1. The van der Waals surface area contributed by atoms with Crippen LogP contribution in [0.2, 0.25) is 0 Å². The molecule has 2 aliphatic heterocycles. The first kappa shape index (κ1) is 20.1. The second-order valence-electron chi connectivity index (χ2n) is 8.23. The predicted molar refractivity (Wildman–Crippen MR) is 118 cm³/mol. The highest BCUT2D eigenvalue weighted by molar-refractivity contribution is 5.82. The standard InChI is InChI=1S/C25H33N3O/c1-2-26-16-10-9-15-23(26)25(29)28-19-17-27(18-20-28)24(21-11-5-3-6-12-21)22-13-7-4-8-14-22/h3-8,11-14,23-24H,2,9-10,15-20H2,1H3. The van der Waals surface area contributed by atoms with Crippen molar-refractivity contribution in [2.75, 3.05) is 39.3 Å². The molecule has 2 saturated heterocycles. The summed E-state index contributed by atoms with van der Waals surface area (Å²) in [6.45, 7) is 7.69. The van der Waals surface area contributed by atoms with E-state index < -0.39 is 0 Å². The highest BCUT2D eigenvalue weighted by atomic mass is 16.2. The molecule has 0 bridgehead atoms. The molecule has 2 aliphatic rings. The third kappa shape index (κ3) is 4.54. The summed E-state index contributed by atoms with van der Waals surface area (Å²) >= 11 is 0. The van der Waals surface area contributed by atoms with E-state index in [1.54, 1.807) is 0 Å². The molecule has 0 radical (unpaired) electrons. The first-order valence-electron chi connectivity index (χ1n) is 11.1. The zero-order valence-electron chi connectivity index (χ0n) is 17.5. The van der Waals surface area contributed by atoms with Crippen LogP contribution in [0, 0.1) is 0 Å². The van der Waals surface area contributed by atoms with Gasteiger partial charge in [-0.1, -0.05) is 74.0 Å². The number of likely N-dealkylation sites (N-methyl/N-ethyl adjacent to an activating group) is 1. The molecular formula is C25H33N3O. The van der Waals surface area contributed by atoms with E-state index in [0.29, 0.717) is 5.91 Å². The molecule has 0 aromatic heterocycles. The fourth-order valence-corrected chi connectivity index (χ4v) is 4.95. The Morgan fingerprint density at radius 1 is 0.862 bits per heavy atom. The minimum atomic E-state index is 0.0966.